The lowest BCUT2D eigenvalue weighted by molar-refractivity contribution is 0.447. The Morgan fingerprint density at radius 3 is 2.63 bits per heavy atom. The summed E-state index contributed by atoms with van der Waals surface area (Å²) in [5.74, 6) is -0.153. The highest BCUT2D eigenvalue weighted by Crippen LogP contribution is 2.23. The van der Waals surface area contributed by atoms with Crippen molar-refractivity contribution in [1.82, 2.24) is 5.32 Å². The van der Waals surface area contributed by atoms with Crippen LogP contribution in [0.5, 0.6) is 0 Å². The van der Waals surface area contributed by atoms with Crippen LogP contribution in [-0.2, 0) is 0 Å². The van der Waals surface area contributed by atoms with Crippen molar-refractivity contribution in [2.75, 3.05) is 6.54 Å². The normalized spacial score (nSPS) is 29.3. The Morgan fingerprint density at radius 2 is 1.95 bits per heavy atom. The zero-order valence-corrected chi connectivity index (χ0v) is 11.5. The minimum atomic E-state index is -0.554. The second kappa shape index (κ2) is 5.55. The third-order valence-electron chi connectivity index (χ3n) is 3.63. The minimum absolute atomic E-state index is 0.413. The molecule has 2 atom stereocenters. The van der Waals surface area contributed by atoms with Gasteiger partial charge in [0.25, 0.3) is 0 Å². The third kappa shape index (κ3) is 3.22. The second-order valence-electron chi connectivity index (χ2n) is 5.31. The molecule has 0 spiro atoms. The van der Waals surface area contributed by atoms with Crippen molar-refractivity contribution in [2.45, 2.75) is 20.8 Å². The maximum atomic E-state index is 13.8. The summed E-state index contributed by atoms with van der Waals surface area (Å²) in [6.07, 6.45) is 4.10. The number of hydrogen-bond acceptors (Lipinski definition) is 1. The molecule has 1 aromatic rings. The number of rotatable bonds is 1. The molecule has 2 rings (SSSR count). The SMILES string of the molecule is CC1=C/C(C)C(C)CN/C(c2ccc(F)cc2F)=C\1. The maximum Gasteiger partial charge on any atom is 0.135 e. The van der Waals surface area contributed by atoms with Crippen LogP contribution < -0.4 is 5.32 Å². The van der Waals surface area contributed by atoms with Crippen LogP contribution in [0, 0.1) is 23.5 Å². The van der Waals surface area contributed by atoms with Gasteiger partial charge in [0.05, 0.1) is 0 Å². The first-order valence-electron chi connectivity index (χ1n) is 6.57. The molecule has 3 heteroatoms. The standard InChI is InChI=1S/C16H19F2N/c1-10-6-11(2)12(3)9-19-16(7-10)14-5-4-13(17)8-15(14)18/h4-8,11-12,19H,9H2,1-3H3/b10-6-,16-7-. The van der Waals surface area contributed by atoms with Crippen molar-refractivity contribution in [3.05, 3.63) is 53.1 Å². The summed E-state index contributed by atoms with van der Waals surface area (Å²) in [6, 6.07) is 3.68. The fourth-order valence-corrected chi connectivity index (χ4v) is 2.24. The molecule has 0 aliphatic carbocycles. The van der Waals surface area contributed by atoms with Crippen molar-refractivity contribution < 1.29 is 8.78 Å². The highest BCUT2D eigenvalue weighted by atomic mass is 19.1. The number of allylic oxidation sites excluding steroid dienone is 3. The summed E-state index contributed by atoms with van der Waals surface area (Å²) in [5, 5.41) is 3.27. The molecule has 1 aromatic carbocycles. The number of nitrogens with one attached hydrogen (secondary N) is 1. The van der Waals surface area contributed by atoms with Gasteiger partial charge in [0.1, 0.15) is 11.6 Å². The quantitative estimate of drug-likeness (QED) is 0.803. The largest absolute Gasteiger partial charge is 0.384 e. The Hall–Kier alpha value is -1.64. The van der Waals surface area contributed by atoms with Gasteiger partial charge in [0, 0.05) is 23.9 Å². The van der Waals surface area contributed by atoms with Gasteiger partial charge in [-0.25, -0.2) is 8.78 Å². The highest BCUT2D eigenvalue weighted by Gasteiger charge is 2.15. The predicted molar refractivity (Wildman–Crippen MR) is 74.4 cm³/mol. The van der Waals surface area contributed by atoms with Crippen LogP contribution in [0.1, 0.15) is 26.3 Å². The fourth-order valence-electron chi connectivity index (χ4n) is 2.24. The Kier molecular flexibility index (Phi) is 4.03. The number of hydrogen-bond donors (Lipinski definition) is 1. The smallest absolute Gasteiger partial charge is 0.135 e. The van der Waals surface area contributed by atoms with E-state index in [0.717, 1.165) is 18.2 Å². The molecule has 0 amide bonds. The van der Waals surface area contributed by atoms with Crippen LogP contribution in [0.4, 0.5) is 8.78 Å². The van der Waals surface area contributed by atoms with E-state index in [0.29, 0.717) is 23.1 Å². The lowest BCUT2D eigenvalue weighted by atomic mass is 9.91. The molecular formula is C16H19F2N. The molecular weight excluding hydrogens is 244 g/mol. The summed E-state index contributed by atoms with van der Waals surface area (Å²) in [6.45, 7) is 7.10. The third-order valence-corrected chi connectivity index (χ3v) is 3.63. The van der Waals surface area contributed by atoms with E-state index >= 15 is 0 Å². The van der Waals surface area contributed by atoms with E-state index < -0.39 is 11.6 Å². The average Bonchev–Trinajstić information content (AvgIpc) is 2.33. The molecule has 2 unspecified atom stereocenters. The van der Waals surface area contributed by atoms with E-state index in [-0.39, 0.29) is 0 Å². The average molecular weight is 263 g/mol. The van der Waals surface area contributed by atoms with Crippen LogP contribution in [0.25, 0.3) is 5.70 Å². The van der Waals surface area contributed by atoms with Crippen molar-refractivity contribution in [3.63, 3.8) is 0 Å². The number of benzene rings is 1. The molecule has 1 nitrogen and oxygen atoms in total. The van der Waals surface area contributed by atoms with E-state index in [1.165, 1.54) is 12.1 Å². The molecule has 1 aliphatic rings. The molecule has 0 saturated heterocycles. The Morgan fingerprint density at radius 1 is 1.21 bits per heavy atom. The van der Waals surface area contributed by atoms with Crippen molar-refractivity contribution in [3.8, 4) is 0 Å². The van der Waals surface area contributed by atoms with Gasteiger partial charge in [0.15, 0.2) is 0 Å². The molecule has 0 fully saturated rings. The molecule has 1 heterocycles. The molecule has 1 N–H and O–H groups in total. The number of halogens is 2. The van der Waals surface area contributed by atoms with Crippen molar-refractivity contribution in [2.24, 2.45) is 11.8 Å². The summed E-state index contributed by atoms with van der Waals surface area (Å²) in [7, 11) is 0. The monoisotopic (exact) mass is 263 g/mol. The summed E-state index contributed by atoms with van der Waals surface area (Å²) in [4.78, 5) is 0. The molecule has 0 bridgehead atoms. The van der Waals surface area contributed by atoms with Crippen LogP contribution in [-0.4, -0.2) is 6.54 Å². The van der Waals surface area contributed by atoms with Gasteiger partial charge in [-0.05, 0) is 37.0 Å². The molecule has 102 valence electrons. The Bertz CT molecular complexity index is 532. The van der Waals surface area contributed by atoms with Gasteiger partial charge in [-0.15, -0.1) is 0 Å². The fraction of sp³-hybridized carbons (Fsp3) is 0.375. The lowest BCUT2D eigenvalue weighted by Crippen LogP contribution is -2.25. The molecule has 19 heavy (non-hydrogen) atoms. The van der Waals surface area contributed by atoms with E-state index in [9.17, 15) is 8.78 Å². The Balaban J connectivity index is 2.40. The first-order chi connectivity index (χ1) is 8.97. The minimum Gasteiger partial charge on any atom is -0.384 e. The highest BCUT2D eigenvalue weighted by molar-refractivity contribution is 5.67. The van der Waals surface area contributed by atoms with Crippen molar-refractivity contribution in [1.29, 1.82) is 0 Å². The predicted octanol–water partition coefficient (Wildman–Crippen LogP) is 4.13. The van der Waals surface area contributed by atoms with Gasteiger partial charge in [-0.3, -0.25) is 0 Å². The van der Waals surface area contributed by atoms with E-state index in [2.05, 4.69) is 25.2 Å². The Labute approximate surface area is 113 Å². The van der Waals surface area contributed by atoms with Gasteiger partial charge in [0.2, 0.25) is 0 Å². The first-order valence-corrected chi connectivity index (χ1v) is 6.57. The van der Waals surface area contributed by atoms with Crippen LogP contribution in [0.15, 0.2) is 35.9 Å². The topological polar surface area (TPSA) is 12.0 Å². The summed E-state index contributed by atoms with van der Waals surface area (Å²) >= 11 is 0. The lowest BCUT2D eigenvalue weighted by Gasteiger charge is -2.23. The second-order valence-corrected chi connectivity index (χ2v) is 5.31. The van der Waals surface area contributed by atoms with Gasteiger partial charge < -0.3 is 5.32 Å². The zero-order chi connectivity index (χ0) is 14.0. The first kappa shape index (κ1) is 13.8. The van der Waals surface area contributed by atoms with Gasteiger partial charge in [-0.1, -0.05) is 25.5 Å². The van der Waals surface area contributed by atoms with Crippen molar-refractivity contribution >= 4 is 5.70 Å². The summed E-state index contributed by atoms with van der Waals surface area (Å²) < 4.78 is 26.8. The van der Waals surface area contributed by atoms with E-state index in [1.54, 1.807) is 0 Å². The van der Waals surface area contributed by atoms with Crippen LogP contribution in [0.3, 0.4) is 0 Å². The van der Waals surface area contributed by atoms with E-state index in [1.807, 2.05) is 13.0 Å². The van der Waals surface area contributed by atoms with E-state index in [4.69, 9.17) is 0 Å². The van der Waals surface area contributed by atoms with Gasteiger partial charge >= 0.3 is 0 Å². The maximum absolute atomic E-state index is 13.8. The zero-order valence-electron chi connectivity index (χ0n) is 11.5. The van der Waals surface area contributed by atoms with Gasteiger partial charge in [-0.2, -0.15) is 0 Å². The molecule has 1 aliphatic heterocycles. The molecule has 0 radical (unpaired) electrons. The molecule has 0 aromatic heterocycles. The van der Waals surface area contributed by atoms with Crippen LogP contribution in [0.2, 0.25) is 0 Å². The molecule has 0 saturated carbocycles. The van der Waals surface area contributed by atoms with Crippen LogP contribution >= 0.6 is 0 Å². The summed E-state index contributed by atoms with van der Waals surface area (Å²) in [5.41, 5.74) is 2.21.